The van der Waals surface area contributed by atoms with Gasteiger partial charge in [0.15, 0.2) is 0 Å². The van der Waals surface area contributed by atoms with Crippen molar-refractivity contribution in [1.29, 1.82) is 0 Å². The average Bonchev–Trinajstić information content (AvgIpc) is 1.53. The Labute approximate surface area is 500 Å². The molecule has 0 bridgehead atoms. The summed E-state index contributed by atoms with van der Waals surface area (Å²) in [5, 5.41) is 27.0. The third-order valence-electron chi connectivity index (χ3n) is 16.1. The molecule has 2 heterocycles. The second-order valence-corrected chi connectivity index (χ2v) is 22.3. The molecule has 450 valence electrons. The predicted molar refractivity (Wildman–Crippen MR) is 325 cm³/mol. The molecule has 2 aliphatic heterocycles. The summed E-state index contributed by atoms with van der Waals surface area (Å²) in [6.07, 6.45) is 2.52. The number of aliphatic hydroxyl groups excluding tert-OH is 1. The van der Waals surface area contributed by atoms with Crippen molar-refractivity contribution >= 4 is 47.3 Å². The second kappa shape index (κ2) is 31.9. The summed E-state index contributed by atoms with van der Waals surface area (Å²) in [5.74, 6) is -6.86. The Morgan fingerprint density at radius 3 is 0.894 bits per heavy atom. The van der Waals surface area contributed by atoms with Gasteiger partial charge in [0.2, 0.25) is 11.6 Å². The molecule has 4 atom stereocenters. The number of esters is 2. The van der Waals surface area contributed by atoms with Crippen LogP contribution in [0.5, 0.6) is 0 Å². The van der Waals surface area contributed by atoms with Gasteiger partial charge < -0.3 is 34.6 Å². The quantitative estimate of drug-likeness (QED) is 0.0379. The number of carbonyl (C=O) groups excluding carboxylic acids is 6. The first-order chi connectivity index (χ1) is 40.3. The minimum absolute atomic E-state index is 0. The van der Waals surface area contributed by atoms with Crippen molar-refractivity contribution in [2.45, 2.75) is 136 Å². The zero-order chi connectivity index (χ0) is 61.0. The van der Waals surface area contributed by atoms with Gasteiger partial charge in [-0.1, -0.05) is 231 Å². The highest BCUT2D eigenvalue weighted by Crippen LogP contribution is 2.35. The molecule has 0 aromatic heterocycles. The molecule has 15 heteroatoms. The molecule has 0 saturated carbocycles. The van der Waals surface area contributed by atoms with Crippen molar-refractivity contribution in [2.75, 3.05) is 19.8 Å². The van der Waals surface area contributed by atoms with Gasteiger partial charge in [0.25, 0.3) is 11.8 Å². The van der Waals surface area contributed by atoms with Crippen LogP contribution in [0.4, 0.5) is 0 Å². The number of benzene rings is 6. The summed E-state index contributed by atoms with van der Waals surface area (Å²) >= 11 is 0. The fraction of sp³-hybridized carbons (Fsp3) is 0.371. The van der Waals surface area contributed by atoms with Crippen LogP contribution in [0, 0.1) is 10.8 Å². The zero-order valence-electron chi connectivity index (χ0n) is 48.8. The summed E-state index contributed by atoms with van der Waals surface area (Å²) in [5.41, 5.74) is 5.05. The van der Waals surface area contributed by atoms with Gasteiger partial charge in [0.1, 0.15) is 24.2 Å². The molecule has 6 aromatic rings. The van der Waals surface area contributed by atoms with Crippen LogP contribution in [0.15, 0.2) is 182 Å². The number of aliphatic hydroxyl groups is 1. The van der Waals surface area contributed by atoms with Gasteiger partial charge in [-0.25, -0.2) is 19.2 Å². The van der Waals surface area contributed by atoms with Gasteiger partial charge in [0, 0.05) is 48.0 Å². The smallest absolute Gasteiger partial charge is 0.328 e. The van der Waals surface area contributed by atoms with E-state index in [1.807, 2.05) is 165 Å². The number of rotatable bonds is 24. The van der Waals surface area contributed by atoms with E-state index in [1.165, 1.54) is 11.1 Å². The molecule has 6 aromatic carbocycles. The average molecular weight is 1160 g/mol. The molecule has 2 saturated heterocycles. The van der Waals surface area contributed by atoms with Crippen LogP contribution < -0.4 is 0 Å². The van der Waals surface area contributed by atoms with E-state index in [-0.39, 0.29) is 51.9 Å². The number of carboxylic acid groups (broad SMARTS) is 2. The van der Waals surface area contributed by atoms with Crippen LogP contribution >= 0.6 is 0 Å². The normalized spacial score (nSPS) is 16.2. The lowest BCUT2D eigenvalue weighted by Gasteiger charge is -2.45. The molecule has 0 aliphatic carbocycles. The molecule has 0 radical (unpaired) electrons. The molecule has 15 nitrogen and oxygen atoms in total. The van der Waals surface area contributed by atoms with E-state index in [2.05, 4.69) is 24.3 Å². The van der Waals surface area contributed by atoms with Gasteiger partial charge in [-0.3, -0.25) is 19.2 Å². The summed E-state index contributed by atoms with van der Waals surface area (Å²) in [4.78, 5) is 101. The largest absolute Gasteiger partial charge is 0.480 e. The third-order valence-corrected chi connectivity index (χ3v) is 16.1. The number of ether oxygens (including phenoxy) is 2. The Bertz CT molecular complexity index is 2880. The number of ketones is 2. The minimum atomic E-state index is -1.30. The molecule has 2 amide bonds. The maximum atomic E-state index is 13.6. The first-order valence-electron chi connectivity index (χ1n) is 28.7. The lowest BCUT2D eigenvalue weighted by molar-refractivity contribution is -0.179. The number of nitrogens with zero attached hydrogens (tertiary/aromatic N) is 2. The molecule has 0 unspecified atom stereocenters. The van der Waals surface area contributed by atoms with Crippen molar-refractivity contribution < 1.29 is 63.1 Å². The highest BCUT2D eigenvalue weighted by Gasteiger charge is 2.55. The van der Waals surface area contributed by atoms with Crippen LogP contribution in [0.1, 0.15) is 145 Å². The van der Waals surface area contributed by atoms with E-state index in [4.69, 9.17) is 24.8 Å². The Balaban J connectivity index is 0.000000298. The van der Waals surface area contributed by atoms with Crippen molar-refractivity contribution in [2.24, 2.45) is 10.8 Å². The van der Waals surface area contributed by atoms with Crippen molar-refractivity contribution in [3.05, 3.63) is 215 Å². The van der Waals surface area contributed by atoms with Crippen LogP contribution in [-0.4, -0.2) is 116 Å². The van der Waals surface area contributed by atoms with Crippen LogP contribution in [0.3, 0.4) is 0 Å². The van der Waals surface area contributed by atoms with E-state index in [9.17, 15) is 38.4 Å². The van der Waals surface area contributed by atoms with Crippen LogP contribution in [0.2, 0.25) is 0 Å². The van der Waals surface area contributed by atoms with Gasteiger partial charge in [0.05, 0.1) is 13.2 Å². The Morgan fingerprint density at radius 1 is 0.424 bits per heavy atom. The number of carbonyl (C=O) groups is 8. The number of Topliss-reactive ketones (excluding diaryl/α,β-unsaturated/α-hetero) is 2. The topological polar surface area (TPSA) is 222 Å². The fourth-order valence-electron chi connectivity index (χ4n) is 10.2. The molecule has 2 fully saturated rings. The number of aliphatic carboxylic acids is 2. The maximum absolute atomic E-state index is 13.6. The van der Waals surface area contributed by atoms with Gasteiger partial charge in [-0.2, -0.15) is 0 Å². The first-order valence-corrected chi connectivity index (χ1v) is 28.7. The van der Waals surface area contributed by atoms with E-state index in [0.717, 1.165) is 33.6 Å². The molecular formula is C70H82N2O13. The molecule has 3 N–H and O–H groups in total. The predicted octanol–water partition coefficient (Wildman–Crippen LogP) is 11.5. The van der Waals surface area contributed by atoms with Gasteiger partial charge >= 0.3 is 23.9 Å². The number of likely N-dealkylation sites (tertiary alicyclic amines) is 2. The third kappa shape index (κ3) is 17.5. The molecule has 2 aliphatic rings. The Morgan fingerprint density at radius 2 is 0.659 bits per heavy atom. The first kappa shape index (κ1) is 67.2. The van der Waals surface area contributed by atoms with Crippen molar-refractivity contribution in [3.8, 4) is 0 Å². The number of hydrogen-bond donors (Lipinski definition) is 3. The maximum Gasteiger partial charge on any atom is 0.328 e. The number of amides is 2. The second-order valence-electron chi connectivity index (χ2n) is 22.3. The highest BCUT2D eigenvalue weighted by atomic mass is 16.5. The summed E-state index contributed by atoms with van der Waals surface area (Å²) in [7, 11) is 0. The standard InChI is InChI=1S/C42H45NO6.C15H16O.C12H17NO6.CH4/c1-4-42(2,3)38(44)39(45)43-36(40(46)48-27-25-34(30-17-9-5-10-18-30)31-19-11-6-12-20-31)29-37(43)41(47)49-28-26-35(32-21-13-7-14-22-32)33-23-15-8-16-24-33;16-12-11-15(13-7-3-1-4-8-13)14-9-5-2-6-10-14;1-4-12(2,3)8(14)9(15)13-6(10(16)17)5-7(13)11(18)19;/h5-24,34-37H,4,25-29H2,1-3H3;1-10,15-16H,11-12H2;6-7H,4-5H2,1-3H3,(H,16,17)(H,18,19);1H4/t36-,37+;;6-,7+;. The van der Waals surface area contributed by atoms with Crippen LogP contribution in [-0.2, 0) is 47.8 Å². The van der Waals surface area contributed by atoms with Gasteiger partial charge in [-0.15, -0.1) is 0 Å². The zero-order valence-corrected chi connectivity index (χ0v) is 48.8. The van der Waals surface area contributed by atoms with Gasteiger partial charge in [-0.05, 0) is 65.5 Å². The monoisotopic (exact) mass is 1160 g/mol. The number of carboxylic acids is 2. The SMILES string of the molecule is C.CCC(C)(C)C(=O)C(=O)N1[C@@H](C(=O)O)C[C@H]1C(=O)O.CCC(C)(C)C(=O)C(=O)N1[C@@H](C(=O)OCCC(c2ccccc2)c2ccccc2)C[C@H]1C(=O)OCCC(c1ccccc1)c1ccccc1.OCCC(c1ccccc1)c1ccccc1. The fourth-order valence-corrected chi connectivity index (χ4v) is 10.2. The molecule has 8 rings (SSSR count). The lowest BCUT2D eigenvalue weighted by Crippen LogP contribution is -2.67. The summed E-state index contributed by atoms with van der Waals surface area (Å²) < 4.78 is 11.5. The Hall–Kier alpha value is -8.56. The minimum Gasteiger partial charge on any atom is -0.480 e. The molecule has 85 heavy (non-hydrogen) atoms. The number of hydrogen-bond acceptors (Lipinski definition) is 11. The van der Waals surface area contributed by atoms with E-state index in [0.29, 0.717) is 36.5 Å². The van der Waals surface area contributed by atoms with E-state index in [1.54, 1.807) is 34.6 Å². The summed E-state index contributed by atoms with van der Waals surface area (Å²) in [6.45, 7) is 10.5. The van der Waals surface area contributed by atoms with E-state index >= 15 is 0 Å². The molecular weight excluding hydrogens is 1080 g/mol. The van der Waals surface area contributed by atoms with Crippen molar-refractivity contribution in [1.82, 2.24) is 9.80 Å². The highest BCUT2D eigenvalue weighted by molar-refractivity contribution is 6.39. The Kier molecular flexibility index (Phi) is 25.2. The van der Waals surface area contributed by atoms with Crippen LogP contribution in [0.25, 0.3) is 0 Å². The lowest BCUT2D eigenvalue weighted by atomic mass is 9.82. The van der Waals surface area contributed by atoms with E-state index < -0.39 is 82.3 Å². The molecule has 0 spiro atoms. The van der Waals surface area contributed by atoms with Crippen molar-refractivity contribution in [3.63, 3.8) is 0 Å². The summed E-state index contributed by atoms with van der Waals surface area (Å²) in [6, 6.07) is 56.2.